The lowest BCUT2D eigenvalue weighted by atomic mass is 10.2. The molecular formula is C14H16F2N6O4S2. The molecule has 0 radical (unpaired) electrons. The molecule has 1 aromatic carbocycles. The molecule has 10 nitrogen and oxygen atoms in total. The number of halogens is 2. The Kier molecular flexibility index (Phi) is 7.42. The molecule has 152 valence electrons. The Hall–Kier alpha value is -2.58. The Morgan fingerprint density at radius 3 is 2.79 bits per heavy atom. The van der Waals surface area contributed by atoms with Gasteiger partial charge in [-0.05, 0) is 22.4 Å². The number of hydrogen-bond acceptors (Lipinski definition) is 8. The minimum absolute atomic E-state index is 0.0240. The summed E-state index contributed by atoms with van der Waals surface area (Å²) < 4.78 is 55.3. The van der Waals surface area contributed by atoms with Gasteiger partial charge in [-0.1, -0.05) is 23.9 Å². The molecular weight excluding hydrogens is 418 g/mol. The number of primary amides is 1. The first kappa shape index (κ1) is 21.7. The molecule has 28 heavy (non-hydrogen) atoms. The summed E-state index contributed by atoms with van der Waals surface area (Å²) in [6.07, 6.45) is -2.64. The SMILES string of the molecule is N=C(Nc1cccc(C(F)F)c1)c1nonc1SCCNS(=O)(=O)CC(N)=O. The lowest BCUT2D eigenvalue weighted by molar-refractivity contribution is -0.115. The third-order valence-electron chi connectivity index (χ3n) is 3.10. The highest BCUT2D eigenvalue weighted by atomic mass is 32.2. The first-order valence-corrected chi connectivity index (χ1v) is 10.3. The van der Waals surface area contributed by atoms with E-state index in [1.807, 2.05) is 0 Å². The number of carbonyl (C=O) groups excluding carboxylic acids is 1. The van der Waals surface area contributed by atoms with Crippen LogP contribution < -0.4 is 15.8 Å². The van der Waals surface area contributed by atoms with Crippen LogP contribution in [0.5, 0.6) is 0 Å². The van der Waals surface area contributed by atoms with E-state index < -0.39 is 28.1 Å². The average Bonchev–Trinajstić information content (AvgIpc) is 3.06. The second-order valence-electron chi connectivity index (χ2n) is 5.31. The van der Waals surface area contributed by atoms with Crippen LogP contribution in [0.3, 0.4) is 0 Å². The van der Waals surface area contributed by atoms with E-state index in [2.05, 4.69) is 25.0 Å². The summed E-state index contributed by atoms with van der Waals surface area (Å²) in [5, 5.41) is 18.1. The number of thioether (sulfide) groups is 1. The van der Waals surface area contributed by atoms with Gasteiger partial charge in [-0.2, -0.15) is 0 Å². The zero-order chi connectivity index (χ0) is 20.7. The number of benzene rings is 1. The molecule has 5 N–H and O–H groups in total. The Labute approximate surface area is 162 Å². The molecule has 0 fully saturated rings. The highest BCUT2D eigenvalue weighted by Crippen LogP contribution is 2.23. The summed E-state index contributed by atoms with van der Waals surface area (Å²) >= 11 is 1.05. The number of amidine groups is 1. The number of nitrogens with one attached hydrogen (secondary N) is 3. The number of sulfonamides is 1. The van der Waals surface area contributed by atoms with Gasteiger partial charge >= 0.3 is 0 Å². The second-order valence-corrected chi connectivity index (χ2v) is 8.20. The van der Waals surface area contributed by atoms with Crippen LogP contribution >= 0.6 is 11.8 Å². The van der Waals surface area contributed by atoms with Crippen molar-refractivity contribution in [3.05, 3.63) is 35.5 Å². The van der Waals surface area contributed by atoms with E-state index in [1.165, 1.54) is 24.3 Å². The van der Waals surface area contributed by atoms with Crippen molar-refractivity contribution in [3.8, 4) is 0 Å². The standard InChI is InChI=1S/C14H16F2N6O4S2/c15-12(16)8-2-1-3-9(6-8)20-13(18)11-14(22-26-21-11)27-5-4-19-28(24,25)7-10(17)23/h1-3,6,12,19H,4-5,7H2,(H2,17,23)(H2,18,20). The minimum atomic E-state index is -3.81. The highest BCUT2D eigenvalue weighted by Gasteiger charge is 2.18. The predicted octanol–water partition coefficient (Wildman–Crippen LogP) is 0.941. The maximum Gasteiger partial charge on any atom is 0.263 e. The maximum atomic E-state index is 12.8. The Morgan fingerprint density at radius 1 is 1.36 bits per heavy atom. The summed E-state index contributed by atoms with van der Waals surface area (Å²) in [5.41, 5.74) is 4.94. The lowest BCUT2D eigenvalue weighted by Gasteiger charge is -2.08. The van der Waals surface area contributed by atoms with Gasteiger partial charge in [0.25, 0.3) is 6.43 Å². The number of nitrogens with zero attached hydrogens (tertiary/aromatic N) is 2. The minimum Gasteiger partial charge on any atom is -0.369 e. The van der Waals surface area contributed by atoms with E-state index in [0.717, 1.165) is 11.8 Å². The summed E-state index contributed by atoms with van der Waals surface area (Å²) in [6.45, 7) is -0.0240. The van der Waals surface area contributed by atoms with Crippen LogP contribution in [0.4, 0.5) is 14.5 Å². The van der Waals surface area contributed by atoms with E-state index in [0.29, 0.717) is 0 Å². The number of anilines is 1. The van der Waals surface area contributed by atoms with Crippen molar-refractivity contribution in [2.24, 2.45) is 5.73 Å². The number of alkyl halides is 2. The van der Waals surface area contributed by atoms with Crippen LogP contribution in [-0.2, 0) is 14.8 Å². The van der Waals surface area contributed by atoms with Crippen molar-refractivity contribution in [3.63, 3.8) is 0 Å². The van der Waals surface area contributed by atoms with Gasteiger partial charge in [0, 0.05) is 23.5 Å². The third-order valence-corrected chi connectivity index (χ3v) is 5.36. The molecule has 0 aliphatic rings. The van der Waals surface area contributed by atoms with E-state index in [9.17, 15) is 22.0 Å². The van der Waals surface area contributed by atoms with Crippen molar-refractivity contribution < 1.29 is 26.6 Å². The summed E-state index contributed by atoms with van der Waals surface area (Å²) in [7, 11) is -3.81. The van der Waals surface area contributed by atoms with Gasteiger partial charge in [-0.15, -0.1) is 0 Å². The molecule has 0 atom stereocenters. The van der Waals surface area contributed by atoms with Crippen LogP contribution in [-0.4, -0.2) is 48.5 Å². The molecule has 2 rings (SSSR count). The summed E-state index contributed by atoms with van der Waals surface area (Å²) in [6, 6.07) is 5.39. The molecule has 1 amide bonds. The number of nitrogens with two attached hydrogens (primary N) is 1. The molecule has 0 aliphatic carbocycles. The Balaban J connectivity index is 1.93. The largest absolute Gasteiger partial charge is 0.369 e. The fourth-order valence-electron chi connectivity index (χ4n) is 1.97. The van der Waals surface area contributed by atoms with Crippen LogP contribution in [0.1, 0.15) is 17.7 Å². The van der Waals surface area contributed by atoms with Crippen LogP contribution in [0.25, 0.3) is 0 Å². The summed E-state index contributed by atoms with van der Waals surface area (Å²) in [5.74, 6) is -1.82. The number of carbonyl (C=O) groups is 1. The zero-order valence-electron chi connectivity index (χ0n) is 14.2. The monoisotopic (exact) mass is 434 g/mol. The van der Waals surface area contributed by atoms with Gasteiger partial charge in [0.2, 0.25) is 15.9 Å². The van der Waals surface area contributed by atoms with E-state index >= 15 is 0 Å². The van der Waals surface area contributed by atoms with Gasteiger partial charge in [-0.3, -0.25) is 10.2 Å². The molecule has 0 saturated heterocycles. The Morgan fingerprint density at radius 2 is 2.11 bits per heavy atom. The van der Waals surface area contributed by atoms with Crippen molar-refractivity contribution in [2.45, 2.75) is 11.5 Å². The van der Waals surface area contributed by atoms with Crippen molar-refractivity contribution in [2.75, 3.05) is 23.4 Å². The average molecular weight is 434 g/mol. The van der Waals surface area contributed by atoms with Gasteiger partial charge in [0.1, 0.15) is 5.75 Å². The first-order valence-electron chi connectivity index (χ1n) is 7.63. The number of aromatic nitrogens is 2. The molecule has 0 aliphatic heterocycles. The number of hydrogen-bond donors (Lipinski definition) is 4. The molecule has 0 unspecified atom stereocenters. The fraction of sp³-hybridized carbons (Fsp3) is 0.286. The smallest absolute Gasteiger partial charge is 0.263 e. The molecule has 1 aromatic heterocycles. The van der Waals surface area contributed by atoms with Gasteiger partial charge < -0.3 is 11.1 Å². The number of amides is 1. The van der Waals surface area contributed by atoms with Crippen LogP contribution in [0.2, 0.25) is 0 Å². The fourth-order valence-corrected chi connectivity index (χ4v) is 3.75. The van der Waals surface area contributed by atoms with E-state index in [1.54, 1.807) is 0 Å². The zero-order valence-corrected chi connectivity index (χ0v) is 15.8. The van der Waals surface area contributed by atoms with Gasteiger partial charge in [0.15, 0.2) is 16.6 Å². The maximum absolute atomic E-state index is 12.8. The van der Waals surface area contributed by atoms with Gasteiger partial charge in [0.05, 0.1) is 0 Å². The molecule has 2 aromatic rings. The van der Waals surface area contributed by atoms with Crippen molar-refractivity contribution in [1.29, 1.82) is 5.41 Å². The Bertz CT molecular complexity index is 951. The third kappa shape index (κ3) is 6.54. The molecule has 0 saturated carbocycles. The van der Waals surface area contributed by atoms with E-state index in [-0.39, 0.29) is 40.1 Å². The molecule has 14 heteroatoms. The number of rotatable bonds is 10. The van der Waals surface area contributed by atoms with Crippen LogP contribution in [0.15, 0.2) is 33.9 Å². The normalized spacial score (nSPS) is 11.5. The highest BCUT2D eigenvalue weighted by molar-refractivity contribution is 7.99. The van der Waals surface area contributed by atoms with Crippen molar-refractivity contribution in [1.82, 2.24) is 15.0 Å². The van der Waals surface area contributed by atoms with Crippen LogP contribution in [0, 0.1) is 5.41 Å². The quantitative estimate of drug-likeness (QED) is 0.186. The molecule has 0 bridgehead atoms. The molecule has 1 heterocycles. The summed E-state index contributed by atoms with van der Waals surface area (Å²) in [4.78, 5) is 10.7. The lowest BCUT2D eigenvalue weighted by Crippen LogP contribution is -2.34. The first-order chi connectivity index (χ1) is 13.2. The molecule has 0 spiro atoms. The predicted molar refractivity (Wildman–Crippen MR) is 97.9 cm³/mol. The van der Waals surface area contributed by atoms with E-state index in [4.69, 9.17) is 11.1 Å². The topological polar surface area (TPSA) is 164 Å². The van der Waals surface area contributed by atoms with Gasteiger partial charge in [-0.25, -0.2) is 26.5 Å². The van der Waals surface area contributed by atoms with Crippen molar-refractivity contribution >= 4 is 39.2 Å². The second kappa shape index (κ2) is 9.57.